The summed E-state index contributed by atoms with van der Waals surface area (Å²) in [4.78, 5) is 5.58. The van der Waals surface area contributed by atoms with E-state index in [0.29, 0.717) is 24.2 Å². The standard InChI is InChI=1S/C16H17N3OS.ClH/c1-10(2)13-7-8-21-14(13)16-18-15(19-20-16)12-5-3-11(9-17)4-6-12;/h3-8,10H,9,17H2,1-2H3;1H. The van der Waals surface area contributed by atoms with Crippen LogP contribution in [0, 0.1) is 0 Å². The molecule has 0 aliphatic carbocycles. The molecule has 2 heterocycles. The van der Waals surface area contributed by atoms with Gasteiger partial charge in [0.05, 0.1) is 4.88 Å². The van der Waals surface area contributed by atoms with Gasteiger partial charge in [-0.3, -0.25) is 0 Å². The Bertz CT molecular complexity index is 734. The summed E-state index contributed by atoms with van der Waals surface area (Å²) >= 11 is 1.63. The van der Waals surface area contributed by atoms with Crippen LogP contribution in [0.4, 0.5) is 0 Å². The van der Waals surface area contributed by atoms with Crippen molar-refractivity contribution in [3.05, 3.63) is 46.8 Å². The summed E-state index contributed by atoms with van der Waals surface area (Å²) in [6, 6.07) is 10.0. The molecule has 0 aliphatic rings. The summed E-state index contributed by atoms with van der Waals surface area (Å²) in [5, 5.41) is 6.15. The maximum Gasteiger partial charge on any atom is 0.268 e. The summed E-state index contributed by atoms with van der Waals surface area (Å²) in [7, 11) is 0. The topological polar surface area (TPSA) is 64.9 Å². The highest BCUT2D eigenvalue weighted by molar-refractivity contribution is 7.13. The molecule has 3 aromatic rings. The Morgan fingerprint density at radius 3 is 2.55 bits per heavy atom. The fourth-order valence-electron chi connectivity index (χ4n) is 2.17. The predicted molar refractivity (Wildman–Crippen MR) is 92.3 cm³/mol. The SMILES string of the molecule is CC(C)c1ccsc1-c1nc(-c2ccc(CN)cc2)no1.Cl. The van der Waals surface area contributed by atoms with Gasteiger partial charge in [-0.15, -0.1) is 23.7 Å². The van der Waals surface area contributed by atoms with Crippen molar-refractivity contribution in [3.63, 3.8) is 0 Å². The van der Waals surface area contributed by atoms with E-state index in [4.69, 9.17) is 10.3 Å². The fraction of sp³-hybridized carbons (Fsp3) is 0.250. The molecule has 0 unspecified atom stereocenters. The number of rotatable bonds is 4. The van der Waals surface area contributed by atoms with Crippen molar-refractivity contribution in [2.75, 3.05) is 0 Å². The van der Waals surface area contributed by atoms with Gasteiger partial charge in [-0.1, -0.05) is 43.3 Å². The minimum Gasteiger partial charge on any atom is -0.333 e. The molecule has 22 heavy (non-hydrogen) atoms. The summed E-state index contributed by atoms with van der Waals surface area (Å²) in [5.41, 5.74) is 8.87. The van der Waals surface area contributed by atoms with Gasteiger partial charge in [-0.05, 0) is 28.5 Å². The third-order valence-corrected chi connectivity index (χ3v) is 4.30. The molecule has 2 aromatic heterocycles. The molecule has 0 aliphatic heterocycles. The van der Waals surface area contributed by atoms with Crippen molar-refractivity contribution in [2.24, 2.45) is 5.73 Å². The molecule has 4 nitrogen and oxygen atoms in total. The van der Waals surface area contributed by atoms with Gasteiger partial charge in [0.2, 0.25) is 5.82 Å². The number of halogens is 1. The second-order valence-electron chi connectivity index (χ2n) is 5.18. The summed E-state index contributed by atoms with van der Waals surface area (Å²) in [6.45, 7) is 4.85. The molecule has 0 amide bonds. The van der Waals surface area contributed by atoms with Gasteiger partial charge in [0.15, 0.2) is 0 Å². The first-order valence-corrected chi connectivity index (χ1v) is 7.78. The lowest BCUT2D eigenvalue weighted by Crippen LogP contribution is -1.95. The zero-order valence-corrected chi connectivity index (χ0v) is 14.1. The van der Waals surface area contributed by atoms with Gasteiger partial charge in [-0.2, -0.15) is 4.98 Å². The fourth-order valence-corrected chi connectivity index (χ4v) is 3.14. The van der Waals surface area contributed by atoms with Gasteiger partial charge in [0.1, 0.15) is 0 Å². The van der Waals surface area contributed by atoms with E-state index in [1.165, 1.54) is 5.56 Å². The van der Waals surface area contributed by atoms with Crippen LogP contribution in [0.25, 0.3) is 22.2 Å². The van der Waals surface area contributed by atoms with Crippen molar-refractivity contribution < 1.29 is 4.52 Å². The van der Waals surface area contributed by atoms with Crippen LogP contribution >= 0.6 is 23.7 Å². The van der Waals surface area contributed by atoms with Crippen LogP contribution in [0.3, 0.4) is 0 Å². The highest BCUT2D eigenvalue weighted by Gasteiger charge is 2.17. The molecule has 3 rings (SSSR count). The van der Waals surface area contributed by atoms with Gasteiger partial charge >= 0.3 is 0 Å². The Morgan fingerprint density at radius 2 is 1.91 bits per heavy atom. The van der Waals surface area contributed by atoms with E-state index in [9.17, 15) is 0 Å². The Morgan fingerprint density at radius 1 is 1.18 bits per heavy atom. The van der Waals surface area contributed by atoms with E-state index in [0.717, 1.165) is 16.0 Å². The van der Waals surface area contributed by atoms with Crippen LogP contribution in [-0.2, 0) is 6.54 Å². The molecule has 0 saturated carbocycles. The normalized spacial score (nSPS) is 10.7. The highest BCUT2D eigenvalue weighted by atomic mass is 35.5. The number of nitrogens with two attached hydrogens (primary N) is 1. The summed E-state index contributed by atoms with van der Waals surface area (Å²) in [5.74, 6) is 1.63. The Labute approximate surface area is 139 Å². The third kappa shape index (κ3) is 3.21. The maximum atomic E-state index is 5.60. The third-order valence-electron chi connectivity index (χ3n) is 3.39. The molecular weight excluding hydrogens is 318 g/mol. The largest absolute Gasteiger partial charge is 0.333 e. The molecule has 0 radical (unpaired) electrons. The number of nitrogens with zero attached hydrogens (tertiary/aromatic N) is 2. The molecule has 0 bridgehead atoms. The lowest BCUT2D eigenvalue weighted by molar-refractivity contribution is 0.432. The van der Waals surface area contributed by atoms with Crippen molar-refractivity contribution >= 4 is 23.7 Å². The molecule has 2 N–H and O–H groups in total. The second kappa shape index (κ2) is 7.05. The average molecular weight is 336 g/mol. The van der Waals surface area contributed by atoms with Gasteiger partial charge in [0.25, 0.3) is 5.89 Å². The van der Waals surface area contributed by atoms with E-state index < -0.39 is 0 Å². The molecule has 0 spiro atoms. The lowest BCUT2D eigenvalue weighted by Gasteiger charge is -2.02. The molecule has 0 atom stereocenters. The van der Waals surface area contributed by atoms with Gasteiger partial charge in [-0.25, -0.2) is 0 Å². The monoisotopic (exact) mass is 335 g/mol. The van der Waals surface area contributed by atoms with Gasteiger partial charge in [0, 0.05) is 12.1 Å². The zero-order valence-electron chi connectivity index (χ0n) is 12.4. The van der Waals surface area contributed by atoms with Crippen molar-refractivity contribution in [2.45, 2.75) is 26.3 Å². The predicted octanol–water partition coefficient (Wildman–Crippen LogP) is 4.47. The van der Waals surface area contributed by atoms with Crippen molar-refractivity contribution in [3.8, 4) is 22.2 Å². The van der Waals surface area contributed by atoms with E-state index in [2.05, 4.69) is 35.4 Å². The van der Waals surface area contributed by atoms with Crippen LogP contribution in [0.2, 0.25) is 0 Å². The molecule has 1 aromatic carbocycles. The first-order valence-electron chi connectivity index (χ1n) is 6.90. The van der Waals surface area contributed by atoms with Crippen LogP contribution in [0.5, 0.6) is 0 Å². The maximum absolute atomic E-state index is 5.60. The smallest absolute Gasteiger partial charge is 0.268 e. The number of hydrogen-bond acceptors (Lipinski definition) is 5. The molecule has 0 saturated heterocycles. The average Bonchev–Trinajstić information content (AvgIpc) is 3.16. The summed E-state index contributed by atoms with van der Waals surface area (Å²) < 4.78 is 5.44. The van der Waals surface area contributed by atoms with Crippen LogP contribution < -0.4 is 5.73 Å². The van der Waals surface area contributed by atoms with Crippen molar-refractivity contribution in [1.82, 2.24) is 10.1 Å². The van der Waals surface area contributed by atoms with Crippen LogP contribution in [-0.4, -0.2) is 10.1 Å². The molecule has 6 heteroatoms. The number of thiophene rings is 1. The van der Waals surface area contributed by atoms with Gasteiger partial charge < -0.3 is 10.3 Å². The molecular formula is C16H18ClN3OS. The molecule has 116 valence electrons. The van der Waals surface area contributed by atoms with Crippen molar-refractivity contribution in [1.29, 1.82) is 0 Å². The Hall–Kier alpha value is -1.69. The van der Waals surface area contributed by atoms with E-state index in [1.54, 1.807) is 11.3 Å². The van der Waals surface area contributed by atoms with E-state index in [-0.39, 0.29) is 12.4 Å². The first kappa shape index (κ1) is 16.7. The number of hydrogen-bond donors (Lipinski definition) is 1. The number of aromatic nitrogens is 2. The summed E-state index contributed by atoms with van der Waals surface area (Å²) in [6.07, 6.45) is 0. The lowest BCUT2D eigenvalue weighted by atomic mass is 10.0. The zero-order chi connectivity index (χ0) is 14.8. The van der Waals surface area contributed by atoms with Crippen LogP contribution in [0.15, 0.2) is 40.2 Å². The minimum absolute atomic E-state index is 0. The van der Waals surface area contributed by atoms with Crippen LogP contribution in [0.1, 0.15) is 30.9 Å². The quantitative estimate of drug-likeness (QED) is 0.764. The second-order valence-corrected chi connectivity index (χ2v) is 6.10. The Balaban J connectivity index is 0.00000176. The molecule has 0 fully saturated rings. The van der Waals surface area contributed by atoms with E-state index >= 15 is 0 Å². The first-order chi connectivity index (χ1) is 10.2. The minimum atomic E-state index is 0. The van der Waals surface area contributed by atoms with E-state index in [1.807, 2.05) is 24.3 Å². The highest BCUT2D eigenvalue weighted by Crippen LogP contribution is 2.34. The Kier molecular flexibility index (Phi) is 5.34. The number of benzene rings is 1.